The van der Waals surface area contributed by atoms with Gasteiger partial charge in [0.25, 0.3) is 0 Å². The van der Waals surface area contributed by atoms with Crippen LogP contribution in [-0.2, 0) is 0 Å². The summed E-state index contributed by atoms with van der Waals surface area (Å²) in [6, 6.07) is 0.0844. The molecule has 1 saturated heterocycles. The minimum atomic E-state index is 0.0372. The van der Waals surface area contributed by atoms with E-state index in [1.807, 2.05) is 11.6 Å². The highest BCUT2D eigenvalue weighted by atomic mass is 35.5. The van der Waals surface area contributed by atoms with Gasteiger partial charge in [0.05, 0.1) is 11.5 Å². The van der Waals surface area contributed by atoms with Crippen LogP contribution >= 0.6 is 22.9 Å². The molecule has 5 heteroatoms. The fourth-order valence-corrected chi connectivity index (χ4v) is 2.92. The second kappa shape index (κ2) is 4.78. The SMILES string of the molecule is [CH2]C(c1nccs1)N1CCN(C)CC1Cl. The van der Waals surface area contributed by atoms with Crippen LogP contribution in [0.4, 0.5) is 0 Å². The second-order valence-corrected chi connectivity index (χ2v) is 5.25. The van der Waals surface area contributed by atoms with Crippen molar-refractivity contribution in [1.29, 1.82) is 0 Å². The van der Waals surface area contributed by atoms with E-state index in [1.54, 1.807) is 11.3 Å². The molecule has 0 N–H and O–H groups in total. The van der Waals surface area contributed by atoms with Crippen LogP contribution in [0.5, 0.6) is 0 Å². The smallest absolute Gasteiger partial charge is 0.110 e. The largest absolute Gasteiger partial charge is 0.302 e. The first kappa shape index (κ1) is 11.3. The van der Waals surface area contributed by atoms with Gasteiger partial charge in [0.1, 0.15) is 5.01 Å². The summed E-state index contributed by atoms with van der Waals surface area (Å²) >= 11 is 7.95. The molecule has 1 fully saturated rings. The Bertz CT molecular complexity index is 304. The fourth-order valence-electron chi connectivity index (χ4n) is 1.77. The van der Waals surface area contributed by atoms with E-state index in [2.05, 4.69) is 28.8 Å². The van der Waals surface area contributed by atoms with Crippen molar-refractivity contribution in [3.05, 3.63) is 23.5 Å². The minimum absolute atomic E-state index is 0.0372. The van der Waals surface area contributed by atoms with Crippen molar-refractivity contribution in [2.75, 3.05) is 26.7 Å². The Labute approximate surface area is 99.7 Å². The van der Waals surface area contributed by atoms with Gasteiger partial charge in [-0.3, -0.25) is 4.90 Å². The number of alkyl halides is 1. The summed E-state index contributed by atoms with van der Waals surface area (Å²) in [4.78, 5) is 8.73. The van der Waals surface area contributed by atoms with Crippen molar-refractivity contribution in [3.8, 4) is 0 Å². The predicted octanol–water partition coefficient (Wildman–Crippen LogP) is 1.83. The molecule has 83 valence electrons. The third-order valence-electron chi connectivity index (χ3n) is 2.70. The molecule has 1 radical (unpaired) electrons. The molecule has 0 amide bonds. The number of halogens is 1. The Morgan fingerprint density at radius 3 is 3.07 bits per heavy atom. The van der Waals surface area contributed by atoms with E-state index in [4.69, 9.17) is 11.6 Å². The van der Waals surface area contributed by atoms with Gasteiger partial charge in [-0.15, -0.1) is 22.9 Å². The third-order valence-corrected chi connectivity index (χ3v) is 3.96. The molecular weight excluding hydrogens is 230 g/mol. The van der Waals surface area contributed by atoms with E-state index in [-0.39, 0.29) is 11.5 Å². The van der Waals surface area contributed by atoms with Crippen LogP contribution in [0.1, 0.15) is 11.0 Å². The van der Waals surface area contributed by atoms with Gasteiger partial charge in [0, 0.05) is 31.2 Å². The van der Waals surface area contributed by atoms with Crippen molar-refractivity contribution < 1.29 is 0 Å². The summed E-state index contributed by atoms with van der Waals surface area (Å²) in [7, 11) is 2.09. The number of piperazine rings is 1. The summed E-state index contributed by atoms with van der Waals surface area (Å²) in [5.41, 5.74) is 0.0372. The summed E-state index contributed by atoms with van der Waals surface area (Å²) in [6.07, 6.45) is 1.82. The summed E-state index contributed by atoms with van der Waals surface area (Å²) in [6.45, 7) is 7.04. The highest BCUT2D eigenvalue weighted by Crippen LogP contribution is 2.26. The quantitative estimate of drug-likeness (QED) is 0.585. The zero-order valence-corrected chi connectivity index (χ0v) is 10.3. The van der Waals surface area contributed by atoms with Gasteiger partial charge >= 0.3 is 0 Å². The van der Waals surface area contributed by atoms with E-state index >= 15 is 0 Å². The average molecular weight is 245 g/mol. The summed E-state index contributed by atoms with van der Waals surface area (Å²) in [5.74, 6) is 0. The summed E-state index contributed by atoms with van der Waals surface area (Å²) in [5, 5.41) is 3.03. The third kappa shape index (κ3) is 2.50. The maximum absolute atomic E-state index is 6.31. The standard InChI is InChI=1S/C10H15ClN3S/c1-8(10-12-3-6-15-10)14-5-4-13(2)7-9(14)11/h3,6,8-9H,1,4-5,7H2,2H3. The van der Waals surface area contributed by atoms with Crippen molar-refractivity contribution in [3.63, 3.8) is 0 Å². The molecule has 0 spiro atoms. The molecule has 0 aliphatic carbocycles. The molecule has 2 unspecified atom stereocenters. The van der Waals surface area contributed by atoms with E-state index in [0.29, 0.717) is 0 Å². The van der Waals surface area contributed by atoms with E-state index in [1.165, 1.54) is 0 Å². The second-order valence-electron chi connectivity index (χ2n) is 3.82. The average Bonchev–Trinajstić information content (AvgIpc) is 2.69. The molecule has 2 heterocycles. The number of thiazole rings is 1. The molecule has 3 nitrogen and oxygen atoms in total. The first-order chi connectivity index (χ1) is 7.18. The lowest BCUT2D eigenvalue weighted by molar-refractivity contribution is 0.107. The highest BCUT2D eigenvalue weighted by molar-refractivity contribution is 7.09. The van der Waals surface area contributed by atoms with E-state index < -0.39 is 0 Å². The van der Waals surface area contributed by atoms with Crippen LogP contribution in [-0.4, -0.2) is 47.0 Å². The lowest BCUT2D eigenvalue weighted by atomic mass is 10.2. The number of nitrogens with zero attached hydrogens (tertiary/aromatic N) is 3. The maximum Gasteiger partial charge on any atom is 0.110 e. The molecule has 1 aromatic heterocycles. The first-order valence-electron chi connectivity index (χ1n) is 4.99. The molecule has 0 bridgehead atoms. The van der Waals surface area contributed by atoms with E-state index in [0.717, 1.165) is 24.6 Å². The molecule has 15 heavy (non-hydrogen) atoms. The summed E-state index contributed by atoms with van der Waals surface area (Å²) < 4.78 is 0. The van der Waals surface area contributed by atoms with Gasteiger partial charge in [-0.05, 0) is 14.0 Å². The fraction of sp³-hybridized carbons (Fsp3) is 0.600. The molecule has 0 saturated carbocycles. The van der Waals surface area contributed by atoms with Crippen LogP contribution in [0.3, 0.4) is 0 Å². The zero-order chi connectivity index (χ0) is 10.8. The molecule has 2 rings (SSSR count). The van der Waals surface area contributed by atoms with Gasteiger partial charge in [0.2, 0.25) is 0 Å². The van der Waals surface area contributed by atoms with Crippen LogP contribution < -0.4 is 0 Å². The molecule has 1 aliphatic rings. The lowest BCUT2D eigenvalue weighted by Gasteiger charge is -2.39. The van der Waals surface area contributed by atoms with Crippen LogP contribution in [0.2, 0.25) is 0 Å². The Morgan fingerprint density at radius 2 is 2.47 bits per heavy atom. The Hall–Kier alpha value is -0.160. The monoisotopic (exact) mass is 244 g/mol. The van der Waals surface area contributed by atoms with Crippen molar-refractivity contribution >= 4 is 22.9 Å². The number of aromatic nitrogens is 1. The minimum Gasteiger partial charge on any atom is -0.302 e. The molecule has 1 aromatic rings. The van der Waals surface area contributed by atoms with Gasteiger partial charge in [-0.1, -0.05) is 0 Å². The van der Waals surface area contributed by atoms with Gasteiger partial charge in [-0.25, -0.2) is 4.98 Å². The van der Waals surface area contributed by atoms with Crippen LogP contribution in [0.25, 0.3) is 0 Å². The van der Waals surface area contributed by atoms with Gasteiger partial charge < -0.3 is 4.90 Å². The maximum atomic E-state index is 6.31. The molecule has 2 atom stereocenters. The Morgan fingerprint density at radius 1 is 1.67 bits per heavy atom. The highest BCUT2D eigenvalue weighted by Gasteiger charge is 2.28. The molecule has 0 aromatic carbocycles. The number of hydrogen-bond donors (Lipinski definition) is 0. The van der Waals surface area contributed by atoms with Gasteiger partial charge in [-0.2, -0.15) is 0 Å². The van der Waals surface area contributed by atoms with Crippen molar-refractivity contribution in [1.82, 2.24) is 14.8 Å². The predicted molar refractivity (Wildman–Crippen MR) is 64.1 cm³/mol. The van der Waals surface area contributed by atoms with Crippen molar-refractivity contribution in [2.24, 2.45) is 0 Å². The lowest BCUT2D eigenvalue weighted by Crippen LogP contribution is -2.50. The molecule has 1 aliphatic heterocycles. The molecular formula is C10H15ClN3S. The number of rotatable bonds is 2. The number of likely N-dealkylation sites (N-methyl/N-ethyl adjacent to an activating group) is 1. The van der Waals surface area contributed by atoms with E-state index in [9.17, 15) is 0 Å². The Kier molecular flexibility index (Phi) is 3.61. The van der Waals surface area contributed by atoms with Gasteiger partial charge in [0.15, 0.2) is 0 Å². The normalized spacial score (nSPS) is 26.7. The van der Waals surface area contributed by atoms with Crippen molar-refractivity contribution in [2.45, 2.75) is 11.5 Å². The first-order valence-corrected chi connectivity index (χ1v) is 6.31. The Balaban J connectivity index is 2.04. The zero-order valence-electron chi connectivity index (χ0n) is 8.77. The topological polar surface area (TPSA) is 19.4 Å². The number of hydrogen-bond acceptors (Lipinski definition) is 4. The van der Waals surface area contributed by atoms with Crippen LogP contribution in [0.15, 0.2) is 11.6 Å². The van der Waals surface area contributed by atoms with Crippen LogP contribution in [0, 0.1) is 6.92 Å².